The molecule has 0 aromatic carbocycles. The minimum atomic E-state index is -4.34. The van der Waals surface area contributed by atoms with Gasteiger partial charge in [0.2, 0.25) is 5.91 Å². The van der Waals surface area contributed by atoms with E-state index in [1.807, 2.05) is 27.2 Å². The first-order chi connectivity index (χ1) is 31.5. The first kappa shape index (κ1) is 64.0. The minimum Gasteiger partial charge on any atom is -0.387 e. The number of rotatable bonds is 52. The molecule has 0 fully saturated rings. The Hall–Kier alpha value is -1.02. The van der Waals surface area contributed by atoms with E-state index in [4.69, 9.17) is 9.05 Å². The third kappa shape index (κ3) is 50.7. The Kier molecular flexibility index (Phi) is 47.3. The zero-order chi connectivity index (χ0) is 47.8. The molecule has 0 saturated carbocycles. The van der Waals surface area contributed by atoms with Crippen molar-refractivity contribution in [2.24, 2.45) is 0 Å². The van der Waals surface area contributed by atoms with Crippen LogP contribution >= 0.6 is 7.82 Å². The number of aliphatic hydroxyl groups excluding tert-OH is 1. The molecule has 3 unspecified atom stereocenters. The second-order valence-corrected chi connectivity index (χ2v) is 22.1. The Morgan fingerprint density at radius 2 is 0.831 bits per heavy atom. The average molecular weight is 940 g/mol. The molecule has 0 aliphatic rings. The standard InChI is InChI=1S/C56H111N2O6P/c1-6-8-10-12-14-16-18-20-22-23-24-25-26-27-28-29-30-31-32-33-34-36-37-39-41-43-45-47-49-55(59)54(53-64-65(61,62)63-52-51-58(3,4)5)57-56(60)50-48-46-44-42-40-38-35-21-19-17-15-13-11-9-7-2/h21,35,47,49,54-55,59H,6-20,22-34,36-46,48,50-53H2,1-5H3,(H-,57,60,61,62)/p+1/b35-21-,49-47+. The van der Waals surface area contributed by atoms with Crippen LogP contribution in [0.2, 0.25) is 0 Å². The van der Waals surface area contributed by atoms with Gasteiger partial charge in [0.25, 0.3) is 0 Å². The molecule has 9 heteroatoms. The lowest BCUT2D eigenvalue weighted by molar-refractivity contribution is -0.870. The van der Waals surface area contributed by atoms with Gasteiger partial charge in [-0.2, -0.15) is 0 Å². The topological polar surface area (TPSA) is 105 Å². The Balaban J connectivity index is 4.15. The fourth-order valence-electron chi connectivity index (χ4n) is 8.45. The lowest BCUT2D eigenvalue weighted by Gasteiger charge is -2.25. The van der Waals surface area contributed by atoms with Gasteiger partial charge in [0.15, 0.2) is 0 Å². The summed E-state index contributed by atoms with van der Waals surface area (Å²) in [6, 6.07) is -0.849. The van der Waals surface area contributed by atoms with E-state index in [2.05, 4.69) is 31.3 Å². The highest BCUT2D eigenvalue weighted by Crippen LogP contribution is 2.43. The summed E-state index contributed by atoms with van der Waals surface area (Å²) in [5, 5.41) is 13.9. The summed E-state index contributed by atoms with van der Waals surface area (Å²) in [6.07, 6.45) is 59.9. The van der Waals surface area contributed by atoms with Crippen molar-refractivity contribution in [2.45, 2.75) is 289 Å². The molecular formula is C56H112N2O6P+. The monoisotopic (exact) mass is 940 g/mol. The van der Waals surface area contributed by atoms with E-state index in [-0.39, 0.29) is 19.1 Å². The highest BCUT2D eigenvalue weighted by molar-refractivity contribution is 7.47. The third-order valence-corrected chi connectivity index (χ3v) is 13.9. The van der Waals surface area contributed by atoms with Gasteiger partial charge in [-0.25, -0.2) is 4.57 Å². The zero-order valence-corrected chi connectivity index (χ0v) is 44.9. The summed E-state index contributed by atoms with van der Waals surface area (Å²) in [6.45, 7) is 4.83. The highest BCUT2D eigenvalue weighted by atomic mass is 31.2. The number of carbonyl (C=O) groups is 1. The Morgan fingerprint density at radius 3 is 1.18 bits per heavy atom. The van der Waals surface area contributed by atoms with Crippen LogP contribution in [-0.2, 0) is 18.4 Å². The minimum absolute atomic E-state index is 0.0614. The van der Waals surface area contributed by atoms with Crippen molar-refractivity contribution < 1.29 is 32.9 Å². The molecule has 0 radical (unpaired) electrons. The van der Waals surface area contributed by atoms with Crippen LogP contribution in [0.25, 0.3) is 0 Å². The number of aliphatic hydroxyl groups is 1. The SMILES string of the molecule is CCCCCCCC/C=C\CCCCCCCC(=O)NC(COP(=O)(O)OCC[N+](C)(C)C)C(O)/C=C/CCCCCCCCCCCCCCCCCCCCCCCCCCCC. The molecule has 0 saturated heterocycles. The van der Waals surface area contributed by atoms with Crippen molar-refractivity contribution in [1.82, 2.24) is 5.32 Å². The Morgan fingerprint density at radius 1 is 0.508 bits per heavy atom. The Labute approximate surface area is 404 Å². The van der Waals surface area contributed by atoms with Gasteiger partial charge in [0, 0.05) is 6.42 Å². The summed E-state index contributed by atoms with van der Waals surface area (Å²) in [7, 11) is 1.58. The first-order valence-corrected chi connectivity index (χ1v) is 29.7. The highest BCUT2D eigenvalue weighted by Gasteiger charge is 2.27. The van der Waals surface area contributed by atoms with Crippen LogP contribution in [0.15, 0.2) is 24.3 Å². The number of nitrogens with zero attached hydrogens (tertiary/aromatic N) is 1. The summed E-state index contributed by atoms with van der Waals surface area (Å²) >= 11 is 0. The lowest BCUT2D eigenvalue weighted by atomic mass is 10.0. The number of hydrogen-bond donors (Lipinski definition) is 3. The van der Waals surface area contributed by atoms with Crippen LogP contribution in [0.3, 0.4) is 0 Å². The predicted octanol–water partition coefficient (Wildman–Crippen LogP) is 16.8. The number of quaternary nitrogens is 1. The van der Waals surface area contributed by atoms with Gasteiger partial charge in [0.05, 0.1) is 39.9 Å². The quantitative estimate of drug-likeness (QED) is 0.0243. The van der Waals surface area contributed by atoms with Crippen molar-refractivity contribution in [3.05, 3.63) is 24.3 Å². The fraction of sp³-hybridized carbons (Fsp3) is 0.911. The van der Waals surface area contributed by atoms with E-state index in [1.165, 1.54) is 205 Å². The van der Waals surface area contributed by atoms with Gasteiger partial charge >= 0.3 is 7.82 Å². The molecule has 0 aliphatic heterocycles. The molecule has 1 amide bonds. The summed E-state index contributed by atoms with van der Waals surface area (Å²) in [5.74, 6) is -0.183. The molecule has 0 aliphatic carbocycles. The predicted molar refractivity (Wildman–Crippen MR) is 281 cm³/mol. The maximum absolute atomic E-state index is 12.9. The van der Waals surface area contributed by atoms with E-state index in [1.54, 1.807) is 6.08 Å². The molecule has 8 nitrogen and oxygen atoms in total. The van der Waals surface area contributed by atoms with Gasteiger partial charge in [-0.1, -0.05) is 250 Å². The zero-order valence-electron chi connectivity index (χ0n) is 44.0. The number of carbonyl (C=O) groups excluding carboxylic acids is 1. The maximum atomic E-state index is 12.9. The van der Waals surface area contributed by atoms with Crippen LogP contribution in [0.1, 0.15) is 277 Å². The second kappa shape index (κ2) is 48.0. The number of phosphoric ester groups is 1. The van der Waals surface area contributed by atoms with Crippen LogP contribution in [0.4, 0.5) is 0 Å². The van der Waals surface area contributed by atoms with Crippen molar-refractivity contribution >= 4 is 13.7 Å². The van der Waals surface area contributed by atoms with Gasteiger partial charge < -0.3 is 19.8 Å². The molecule has 0 rings (SSSR count). The van der Waals surface area contributed by atoms with Crippen molar-refractivity contribution in [1.29, 1.82) is 0 Å². The van der Waals surface area contributed by atoms with E-state index < -0.39 is 20.0 Å². The van der Waals surface area contributed by atoms with Crippen LogP contribution in [0, 0.1) is 0 Å². The van der Waals surface area contributed by atoms with Gasteiger partial charge in [-0.3, -0.25) is 13.8 Å². The molecular weight excluding hydrogens is 828 g/mol. The van der Waals surface area contributed by atoms with Crippen LogP contribution < -0.4 is 5.32 Å². The molecule has 65 heavy (non-hydrogen) atoms. The average Bonchev–Trinajstić information content (AvgIpc) is 3.26. The largest absolute Gasteiger partial charge is 0.472 e. The van der Waals surface area contributed by atoms with Gasteiger partial charge in [0.1, 0.15) is 13.2 Å². The van der Waals surface area contributed by atoms with Crippen molar-refractivity contribution in [3.8, 4) is 0 Å². The molecule has 0 aromatic heterocycles. The second-order valence-electron chi connectivity index (χ2n) is 20.7. The molecule has 3 N–H and O–H groups in total. The van der Waals surface area contributed by atoms with Gasteiger partial charge in [-0.05, 0) is 44.9 Å². The number of phosphoric acid groups is 1. The number of unbranched alkanes of at least 4 members (excludes halogenated alkanes) is 37. The van der Waals surface area contributed by atoms with E-state index in [0.717, 1.165) is 51.4 Å². The first-order valence-electron chi connectivity index (χ1n) is 28.2. The van der Waals surface area contributed by atoms with Crippen LogP contribution in [-0.4, -0.2) is 73.4 Å². The van der Waals surface area contributed by atoms with E-state index >= 15 is 0 Å². The summed E-state index contributed by atoms with van der Waals surface area (Å²) < 4.78 is 23.7. The van der Waals surface area contributed by atoms with Crippen molar-refractivity contribution in [2.75, 3.05) is 40.9 Å². The number of amides is 1. The van der Waals surface area contributed by atoms with E-state index in [0.29, 0.717) is 17.4 Å². The fourth-order valence-corrected chi connectivity index (χ4v) is 9.19. The summed E-state index contributed by atoms with van der Waals surface area (Å²) in [5.41, 5.74) is 0. The smallest absolute Gasteiger partial charge is 0.387 e. The molecule has 0 spiro atoms. The Bertz CT molecular complexity index is 1110. The normalized spacial score (nSPS) is 14.1. The number of likely N-dealkylation sites (N-methyl/N-ethyl adjacent to an activating group) is 1. The maximum Gasteiger partial charge on any atom is 0.472 e. The number of hydrogen-bond acceptors (Lipinski definition) is 5. The lowest BCUT2D eigenvalue weighted by Crippen LogP contribution is -2.45. The number of nitrogens with one attached hydrogen (secondary N) is 1. The van der Waals surface area contributed by atoms with E-state index in [9.17, 15) is 19.4 Å². The molecule has 0 aromatic rings. The summed E-state index contributed by atoms with van der Waals surface area (Å²) in [4.78, 5) is 23.2. The van der Waals surface area contributed by atoms with Gasteiger partial charge in [-0.15, -0.1) is 0 Å². The van der Waals surface area contributed by atoms with Crippen LogP contribution in [0.5, 0.6) is 0 Å². The molecule has 0 bridgehead atoms. The van der Waals surface area contributed by atoms with Crippen molar-refractivity contribution in [3.63, 3.8) is 0 Å². The molecule has 3 atom stereocenters. The molecule has 0 heterocycles. The molecule has 386 valence electrons. The number of allylic oxidation sites excluding steroid dienone is 3. The third-order valence-electron chi connectivity index (χ3n) is 12.9.